The number of hydrogen-bond donors (Lipinski definition) is 3. The van der Waals surface area contributed by atoms with E-state index in [2.05, 4.69) is 10.6 Å². The second-order valence-electron chi connectivity index (χ2n) is 4.58. The SMILES string of the molecule is CNC(=O)c1cccc(CCC(=O)NCCSCC(=O)O)c1. The molecule has 0 fully saturated rings. The van der Waals surface area contributed by atoms with E-state index in [1.54, 1.807) is 25.2 Å². The maximum absolute atomic E-state index is 11.7. The van der Waals surface area contributed by atoms with Gasteiger partial charge in [0.2, 0.25) is 5.91 Å². The first-order chi connectivity index (χ1) is 10.5. The van der Waals surface area contributed by atoms with Crippen LogP contribution in [0.2, 0.25) is 0 Å². The number of benzene rings is 1. The third-order valence-electron chi connectivity index (χ3n) is 2.85. The summed E-state index contributed by atoms with van der Waals surface area (Å²) in [4.78, 5) is 33.5. The third kappa shape index (κ3) is 7.12. The zero-order chi connectivity index (χ0) is 16.4. The van der Waals surface area contributed by atoms with E-state index >= 15 is 0 Å². The highest BCUT2D eigenvalue weighted by molar-refractivity contribution is 7.99. The van der Waals surface area contributed by atoms with Crippen molar-refractivity contribution in [1.82, 2.24) is 10.6 Å². The van der Waals surface area contributed by atoms with Crippen LogP contribution in [0.15, 0.2) is 24.3 Å². The first-order valence-electron chi connectivity index (χ1n) is 6.90. The second kappa shape index (κ2) is 9.83. The average Bonchev–Trinajstić information content (AvgIpc) is 2.51. The van der Waals surface area contributed by atoms with Crippen molar-refractivity contribution in [1.29, 1.82) is 0 Å². The van der Waals surface area contributed by atoms with Gasteiger partial charge in [0.25, 0.3) is 5.91 Å². The molecule has 0 aliphatic heterocycles. The number of carboxylic acid groups (broad SMARTS) is 1. The van der Waals surface area contributed by atoms with Crippen molar-refractivity contribution in [3.8, 4) is 0 Å². The molecule has 2 amide bonds. The number of carbonyl (C=O) groups is 3. The molecule has 1 aromatic rings. The molecule has 0 aliphatic rings. The molecule has 0 heterocycles. The largest absolute Gasteiger partial charge is 0.481 e. The molecule has 0 atom stereocenters. The summed E-state index contributed by atoms with van der Waals surface area (Å²) in [6.45, 7) is 0.453. The van der Waals surface area contributed by atoms with Gasteiger partial charge in [-0.1, -0.05) is 12.1 Å². The van der Waals surface area contributed by atoms with Crippen molar-refractivity contribution in [2.75, 3.05) is 25.1 Å². The summed E-state index contributed by atoms with van der Waals surface area (Å²) < 4.78 is 0. The molecule has 1 aromatic carbocycles. The van der Waals surface area contributed by atoms with Gasteiger partial charge in [-0.3, -0.25) is 14.4 Å². The van der Waals surface area contributed by atoms with E-state index in [1.807, 2.05) is 6.07 Å². The molecule has 0 saturated carbocycles. The predicted molar refractivity (Wildman–Crippen MR) is 86.1 cm³/mol. The lowest BCUT2D eigenvalue weighted by molar-refractivity contribution is -0.133. The lowest BCUT2D eigenvalue weighted by Crippen LogP contribution is -2.26. The van der Waals surface area contributed by atoms with Crippen LogP contribution >= 0.6 is 11.8 Å². The molecule has 0 radical (unpaired) electrons. The Bertz CT molecular complexity index is 534. The van der Waals surface area contributed by atoms with Crippen LogP contribution in [0.25, 0.3) is 0 Å². The molecular formula is C15H20N2O4S. The average molecular weight is 324 g/mol. The molecule has 120 valence electrons. The standard InChI is InChI=1S/C15H20N2O4S/c1-16-15(21)12-4-2-3-11(9-12)5-6-13(18)17-7-8-22-10-14(19)20/h2-4,9H,5-8,10H2,1H3,(H,16,21)(H,17,18)(H,19,20). The predicted octanol–water partition coefficient (Wildman–Crippen LogP) is 0.913. The number of nitrogens with one attached hydrogen (secondary N) is 2. The van der Waals surface area contributed by atoms with Crippen molar-refractivity contribution < 1.29 is 19.5 Å². The Kier molecular flexibility index (Phi) is 8.06. The van der Waals surface area contributed by atoms with E-state index in [1.165, 1.54) is 11.8 Å². The summed E-state index contributed by atoms with van der Waals surface area (Å²) in [5.41, 5.74) is 1.50. The van der Waals surface area contributed by atoms with Gasteiger partial charge in [0.05, 0.1) is 5.75 Å². The maximum atomic E-state index is 11.7. The van der Waals surface area contributed by atoms with Crippen molar-refractivity contribution in [3.63, 3.8) is 0 Å². The summed E-state index contributed by atoms with van der Waals surface area (Å²) in [5.74, 6) is -0.470. The molecule has 22 heavy (non-hydrogen) atoms. The summed E-state index contributed by atoms with van der Waals surface area (Å²) in [7, 11) is 1.57. The van der Waals surface area contributed by atoms with Crippen LogP contribution in [0.4, 0.5) is 0 Å². The second-order valence-corrected chi connectivity index (χ2v) is 5.68. The summed E-state index contributed by atoms with van der Waals surface area (Å²) in [6, 6.07) is 7.17. The topological polar surface area (TPSA) is 95.5 Å². The Hall–Kier alpha value is -2.02. The van der Waals surface area contributed by atoms with Gasteiger partial charge in [0.15, 0.2) is 0 Å². The zero-order valence-electron chi connectivity index (χ0n) is 12.4. The Labute approximate surface area is 133 Å². The van der Waals surface area contributed by atoms with Crippen LogP contribution in [0, 0.1) is 0 Å². The summed E-state index contributed by atoms with van der Waals surface area (Å²) >= 11 is 1.27. The first-order valence-corrected chi connectivity index (χ1v) is 8.05. The Morgan fingerprint density at radius 2 is 2.05 bits per heavy atom. The van der Waals surface area contributed by atoms with Crippen molar-refractivity contribution in [3.05, 3.63) is 35.4 Å². The summed E-state index contributed by atoms with van der Waals surface area (Å²) in [5, 5.41) is 13.8. The fourth-order valence-corrected chi connectivity index (χ4v) is 2.35. The van der Waals surface area contributed by atoms with Crippen LogP contribution in [0.5, 0.6) is 0 Å². The monoisotopic (exact) mass is 324 g/mol. The first kappa shape index (κ1) is 18.0. The van der Waals surface area contributed by atoms with Gasteiger partial charge < -0.3 is 15.7 Å². The molecule has 0 aliphatic carbocycles. The molecule has 0 aromatic heterocycles. The minimum Gasteiger partial charge on any atom is -0.481 e. The van der Waals surface area contributed by atoms with Crippen molar-refractivity contribution in [2.45, 2.75) is 12.8 Å². The zero-order valence-corrected chi connectivity index (χ0v) is 13.2. The minimum absolute atomic E-state index is 0.0438. The molecule has 0 unspecified atom stereocenters. The van der Waals surface area contributed by atoms with Crippen LogP contribution in [0.1, 0.15) is 22.3 Å². The van der Waals surface area contributed by atoms with Gasteiger partial charge in [-0.25, -0.2) is 0 Å². The van der Waals surface area contributed by atoms with Gasteiger partial charge in [-0.15, -0.1) is 11.8 Å². The van der Waals surface area contributed by atoms with Crippen molar-refractivity contribution >= 4 is 29.5 Å². The fraction of sp³-hybridized carbons (Fsp3) is 0.400. The molecule has 6 nitrogen and oxygen atoms in total. The number of aryl methyl sites for hydroxylation is 1. The van der Waals surface area contributed by atoms with E-state index < -0.39 is 5.97 Å². The number of rotatable bonds is 9. The normalized spacial score (nSPS) is 10.0. The van der Waals surface area contributed by atoms with E-state index in [4.69, 9.17) is 5.11 Å². The quantitative estimate of drug-likeness (QED) is 0.587. The van der Waals surface area contributed by atoms with Crippen LogP contribution in [-0.2, 0) is 16.0 Å². The minimum atomic E-state index is -0.854. The number of carbonyl (C=O) groups excluding carboxylic acids is 2. The molecule has 0 spiro atoms. The number of aliphatic carboxylic acids is 1. The van der Waals surface area contributed by atoms with Crippen LogP contribution in [0.3, 0.4) is 0 Å². The van der Waals surface area contributed by atoms with Crippen molar-refractivity contribution in [2.24, 2.45) is 0 Å². The van der Waals surface area contributed by atoms with E-state index in [0.717, 1.165) is 5.56 Å². The fourth-order valence-electron chi connectivity index (χ4n) is 1.78. The lowest BCUT2D eigenvalue weighted by Gasteiger charge is -2.06. The number of thioether (sulfide) groups is 1. The van der Waals surface area contributed by atoms with Crippen LogP contribution in [-0.4, -0.2) is 48.0 Å². The van der Waals surface area contributed by atoms with Crippen LogP contribution < -0.4 is 10.6 Å². The van der Waals surface area contributed by atoms with E-state index in [9.17, 15) is 14.4 Å². The molecule has 3 N–H and O–H groups in total. The van der Waals surface area contributed by atoms with Gasteiger partial charge in [0, 0.05) is 31.3 Å². The van der Waals surface area contributed by atoms with Gasteiger partial charge in [0.1, 0.15) is 0 Å². The Morgan fingerprint density at radius 3 is 2.73 bits per heavy atom. The Balaban J connectivity index is 2.29. The Morgan fingerprint density at radius 1 is 1.27 bits per heavy atom. The molecule has 7 heteroatoms. The van der Waals surface area contributed by atoms with E-state index in [0.29, 0.717) is 30.7 Å². The van der Waals surface area contributed by atoms with Gasteiger partial charge in [-0.2, -0.15) is 0 Å². The number of amides is 2. The summed E-state index contributed by atoms with van der Waals surface area (Å²) in [6.07, 6.45) is 0.889. The molecule has 1 rings (SSSR count). The van der Waals surface area contributed by atoms with E-state index in [-0.39, 0.29) is 17.6 Å². The number of carboxylic acids is 1. The highest BCUT2D eigenvalue weighted by Crippen LogP contribution is 2.08. The van der Waals surface area contributed by atoms with Gasteiger partial charge >= 0.3 is 5.97 Å². The number of hydrogen-bond acceptors (Lipinski definition) is 4. The highest BCUT2D eigenvalue weighted by Gasteiger charge is 2.06. The lowest BCUT2D eigenvalue weighted by atomic mass is 10.1. The molecular weight excluding hydrogens is 304 g/mol. The highest BCUT2D eigenvalue weighted by atomic mass is 32.2. The molecule has 0 bridgehead atoms. The smallest absolute Gasteiger partial charge is 0.313 e. The maximum Gasteiger partial charge on any atom is 0.313 e. The third-order valence-corrected chi connectivity index (χ3v) is 3.79. The molecule has 0 saturated heterocycles. The van der Waals surface area contributed by atoms with Gasteiger partial charge in [-0.05, 0) is 24.1 Å².